The summed E-state index contributed by atoms with van der Waals surface area (Å²) in [5.41, 5.74) is 6.22. The topological polar surface area (TPSA) is 59.1 Å². The average Bonchev–Trinajstić information content (AvgIpc) is 2.28. The second-order valence-corrected chi connectivity index (χ2v) is 4.47. The van der Waals surface area contributed by atoms with Crippen LogP contribution >= 0.6 is 0 Å². The lowest BCUT2D eigenvalue weighted by atomic mass is 9.86. The summed E-state index contributed by atoms with van der Waals surface area (Å²) < 4.78 is 13.3. The van der Waals surface area contributed by atoms with Gasteiger partial charge in [-0.2, -0.15) is 0 Å². The first kappa shape index (κ1) is 12.5. The number of hydrogen-bond donors (Lipinski definition) is 2. The normalized spacial score (nSPS) is 14.2. The van der Waals surface area contributed by atoms with Gasteiger partial charge in [-0.3, -0.25) is 0 Å². The Hall–Kier alpha value is -1.94. The first-order valence-electron chi connectivity index (χ1n) is 5.63. The van der Waals surface area contributed by atoms with E-state index in [0.717, 1.165) is 5.56 Å². The first-order chi connectivity index (χ1) is 8.43. The molecule has 0 saturated carbocycles. The molecule has 0 amide bonds. The molecule has 1 aromatic carbocycles. The van der Waals surface area contributed by atoms with Crippen LogP contribution in [0.5, 0.6) is 0 Å². The van der Waals surface area contributed by atoms with E-state index in [1.165, 1.54) is 12.1 Å². The van der Waals surface area contributed by atoms with E-state index < -0.39 is 11.4 Å². The van der Waals surface area contributed by atoms with Gasteiger partial charge >= 0.3 is 0 Å². The number of nitrogens with zero attached hydrogens (tertiary/aromatic N) is 1. The van der Waals surface area contributed by atoms with Crippen molar-refractivity contribution in [2.45, 2.75) is 19.4 Å². The van der Waals surface area contributed by atoms with E-state index in [2.05, 4.69) is 4.98 Å². The van der Waals surface area contributed by atoms with E-state index in [-0.39, 0.29) is 5.82 Å². The predicted octanol–water partition coefficient (Wildman–Crippen LogP) is 2.37. The fourth-order valence-electron chi connectivity index (χ4n) is 2.15. The zero-order valence-corrected chi connectivity index (χ0v) is 10.3. The lowest BCUT2D eigenvalue weighted by Gasteiger charge is -2.27. The molecular weight excluding hydrogens is 231 g/mol. The highest BCUT2D eigenvalue weighted by molar-refractivity contribution is 5.51. The van der Waals surface area contributed by atoms with Gasteiger partial charge in [0.2, 0.25) is 0 Å². The number of aromatic nitrogens is 1. The van der Waals surface area contributed by atoms with Gasteiger partial charge in [-0.05, 0) is 43.2 Å². The molecule has 1 aromatic heterocycles. The lowest BCUT2D eigenvalue weighted by Crippen LogP contribution is -2.26. The van der Waals surface area contributed by atoms with E-state index in [4.69, 9.17) is 5.73 Å². The number of benzene rings is 1. The molecule has 3 N–H and O–H groups in total. The monoisotopic (exact) mass is 246 g/mol. The summed E-state index contributed by atoms with van der Waals surface area (Å²) in [6, 6.07) is 7.61. The summed E-state index contributed by atoms with van der Waals surface area (Å²) in [6.07, 6.45) is 1.58. The Balaban J connectivity index is 2.61. The minimum absolute atomic E-state index is 0.254. The van der Waals surface area contributed by atoms with Crippen LogP contribution in [-0.4, -0.2) is 10.1 Å². The molecule has 2 rings (SSSR count). The van der Waals surface area contributed by atoms with Gasteiger partial charge in [-0.1, -0.05) is 12.1 Å². The van der Waals surface area contributed by atoms with Gasteiger partial charge in [-0.15, -0.1) is 0 Å². The third-order valence-corrected chi connectivity index (χ3v) is 3.06. The SMILES string of the molecule is Cc1ccnc(N)c1C(C)(O)c1cccc(F)c1. The molecule has 3 nitrogen and oxygen atoms in total. The summed E-state index contributed by atoms with van der Waals surface area (Å²) in [5.74, 6) is -0.142. The van der Waals surface area contributed by atoms with Crippen LogP contribution in [0.2, 0.25) is 0 Å². The number of anilines is 1. The number of hydrogen-bond acceptors (Lipinski definition) is 3. The Morgan fingerprint density at radius 1 is 1.33 bits per heavy atom. The quantitative estimate of drug-likeness (QED) is 0.855. The van der Waals surface area contributed by atoms with E-state index in [1.807, 2.05) is 6.92 Å². The number of pyridine rings is 1. The maximum atomic E-state index is 13.3. The minimum atomic E-state index is -1.37. The number of rotatable bonds is 2. The zero-order valence-electron chi connectivity index (χ0n) is 10.3. The maximum absolute atomic E-state index is 13.3. The van der Waals surface area contributed by atoms with Crippen molar-refractivity contribution in [1.82, 2.24) is 4.98 Å². The van der Waals surface area contributed by atoms with Gasteiger partial charge in [0, 0.05) is 11.8 Å². The summed E-state index contributed by atoms with van der Waals surface area (Å²) in [6.45, 7) is 3.42. The molecule has 0 radical (unpaired) electrons. The van der Waals surface area contributed by atoms with Crippen molar-refractivity contribution in [1.29, 1.82) is 0 Å². The van der Waals surface area contributed by atoms with Gasteiger partial charge < -0.3 is 10.8 Å². The maximum Gasteiger partial charge on any atom is 0.130 e. The van der Waals surface area contributed by atoms with Crippen molar-refractivity contribution in [2.24, 2.45) is 0 Å². The van der Waals surface area contributed by atoms with Gasteiger partial charge in [0.05, 0.1) is 0 Å². The van der Waals surface area contributed by atoms with Crippen LogP contribution in [-0.2, 0) is 5.60 Å². The number of halogens is 1. The molecule has 2 aromatic rings. The second kappa shape index (κ2) is 4.38. The van der Waals surface area contributed by atoms with Crippen molar-refractivity contribution in [2.75, 3.05) is 5.73 Å². The Morgan fingerprint density at radius 2 is 2.06 bits per heavy atom. The van der Waals surface area contributed by atoms with Crippen LogP contribution < -0.4 is 5.73 Å². The summed E-state index contributed by atoms with van der Waals surface area (Å²) in [7, 11) is 0. The van der Waals surface area contributed by atoms with Crippen LogP contribution in [0.4, 0.5) is 10.2 Å². The van der Waals surface area contributed by atoms with Crippen molar-refractivity contribution in [3.8, 4) is 0 Å². The fraction of sp³-hybridized carbons (Fsp3) is 0.214. The summed E-state index contributed by atoms with van der Waals surface area (Å²) >= 11 is 0. The molecule has 1 heterocycles. The molecule has 4 heteroatoms. The summed E-state index contributed by atoms with van der Waals surface area (Å²) in [4.78, 5) is 3.98. The van der Waals surface area contributed by atoms with E-state index in [0.29, 0.717) is 11.1 Å². The predicted molar refractivity (Wildman–Crippen MR) is 68.5 cm³/mol. The fourth-order valence-corrected chi connectivity index (χ4v) is 2.15. The van der Waals surface area contributed by atoms with Crippen molar-refractivity contribution in [3.05, 3.63) is 59.0 Å². The molecule has 0 fully saturated rings. The molecule has 1 unspecified atom stereocenters. The summed E-state index contributed by atoms with van der Waals surface area (Å²) in [5, 5.41) is 10.7. The number of aryl methyl sites for hydroxylation is 1. The molecule has 0 bridgehead atoms. The average molecular weight is 246 g/mol. The molecular formula is C14H15FN2O. The van der Waals surface area contributed by atoms with Crippen LogP contribution in [0.15, 0.2) is 36.5 Å². The van der Waals surface area contributed by atoms with Gasteiger partial charge in [0.15, 0.2) is 0 Å². The van der Waals surface area contributed by atoms with Gasteiger partial charge in [-0.25, -0.2) is 9.37 Å². The van der Waals surface area contributed by atoms with Gasteiger partial charge in [0.25, 0.3) is 0 Å². The Bertz CT molecular complexity index is 562. The molecule has 0 aliphatic heterocycles. The molecule has 1 atom stereocenters. The van der Waals surface area contributed by atoms with Crippen molar-refractivity contribution < 1.29 is 9.50 Å². The molecule has 94 valence electrons. The minimum Gasteiger partial charge on any atom is -0.383 e. The third-order valence-electron chi connectivity index (χ3n) is 3.06. The van der Waals surface area contributed by atoms with E-state index in [9.17, 15) is 9.50 Å². The van der Waals surface area contributed by atoms with Crippen molar-refractivity contribution >= 4 is 5.82 Å². The zero-order chi connectivity index (χ0) is 13.3. The largest absolute Gasteiger partial charge is 0.383 e. The standard InChI is InChI=1S/C14H15FN2O/c1-9-6-7-17-13(16)12(9)14(2,18)10-4-3-5-11(15)8-10/h3-8,18H,1-2H3,(H2,16,17). The van der Waals surface area contributed by atoms with Crippen molar-refractivity contribution in [3.63, 3.8) is 0 Å². The first-order valence-corrected chi connectivity index (χ1v) is 5.63. The highest BCUT2D eigenvalue weighted by Gasteiger charge is 2.30. The molecule has 0 aliphatic rings. The highest BCUT2D eigenvalue weighted by atomic mass is 19.1. The van der Waals surface area contributed by atoms with Gasteiger partial charge in [0.1, 0.15) is 17.2 Å². The molecule has 0 spiro atoms. The molecule has 0 aliphatic carbocycles. The Morgan fingerprint density at radius 3 is 2.67 bits per heavy atom. The Kier molecular flexibility index (Phi) is 3.05. The van der Waals surface area contributed by atoms with E-state index >= 15 is 0 Å². The lowest BCUT2D eigenvalue weighted by molar-refractivity contribution is 0.102. The molecule has 18 heavy (non-hydrogen) atoms. The van der Waals surface area contributed by atoms with Crippen LogP contribution in [0.1, 0.15) is 23.6 Å². The van der Waals surface area contributed by atoms with E-state index in [1.54, 1.807) is 31.3 Å². The smallest absolute Gasteiger partial charge is 0.130 e. The number of aliphatic hydroxyl groups is 1. The third kappa shape index (κ3) is 2.07. The van der Waals surface area contributed by atoms with Crippen LogP contribution in [0, 0.1) is 12.7 Å². The Labute approximate surface area is 105 Å². The van der Waals surface area contributed by atoms with Crippen LogP contribution in [0.25, 0.3) is 0 Å². The molecule has 0 saturated heterocycles. The number of nitrogens with two attached hydrogens (primary N) is 1. The number of nitrogen functional groups attached to an aromatic ring is 1. The second-order valence-electron chi connectivity index (χ2n) is 4.47. The van der Waals surface area contributed by atoms with Crippen LogP contribution in [0.3, 0.4) is 0 Å². The highest BCUT2D eigenvalue weighted by Crippen LogP contribution is 2.34.